The summed E-state index contributed by atoms with van der Waals surface area (Å²) in [5.74, 6) is 0.567. The third kappa shape index (κ3) is 4.01. The van der Waals surface area contributed by atoms with Crippen molar-refractivity contribution in [2.45, 2.75) is 19.8 Å². The Bertz CT molecular complexity index is 771. The molecule has 3 nitrogen and oxygen atoms in total. The predicted octanol–water partition coefficient (Wildman–Crippen LogP) is 3.99. The van der Waals surface area contributed by atoms with E-state index in [0.29, 0.717) is 5.11 Å². The predicted molar refractivity (Wildman–Crippen MR) is 104 cm³/mol. The van der Waals surface area contributed by atoms with Gasteiger partial charge in [0.15, 0.2) is 5.11 Å². The third-order valence-corrected chi connectivity index (χ3v) is 4.90. The van der Waals surface area contributed by atoms with E-state index in [1.54, 1.807) is 6.08 Å². The van der Waals surface area contributed by atoms with Crippen molar-refractivity contribution in [1.29, 1.82) is 0 Å². The highest BCUT2D eigenvalue weighted by molar-refractivity contribution is 7.80. The minimum Gasteiger partial charge on any atom is -0.349 e. The van der Waals surface area contributed by atoms with Gasteiger partial charge in [0.25, 0.3) is 0 Å². The summed E-state index contributed by atoms with van der Waals surface area (Å²) in [6.45, 7) is 4.10. The molecule has 124 valence electrons. The molecule has 0 aliphatic carbocycles. The van der Waals surface area contributed by atoms with Gasteiger partial charge in [0.05, 0.1) is 0 Å². The number of nitrogens with one attached hydrogen (secondary N) is 1. The van der Waals surface area contributed by atoms with Crippen LogP contribution in [0, 0.1) is 5.92 Å². The number of nitrogens with zero attached hydrogens (tertiary/aromatic N) is 1. The van der Waals surface area contributed by atoms with Gasteiger partial charge >= 0.3 is 0 Å². The molecule has 3 rings (SSSR count). The van der Waals surface area contributed by atoms with Crippen LogP contribution in [-0.2, 0) is 4.79 Å². The number of amides is 1. The number of rotatable bonds is 2. The first-order valence-corrected chi connectivity index (χ1v) is 8.80. The molecule has 2 aromatic carbocycles. The number of piperidine rings is 1. The molecule has 2 aromatic rings. The summed E-state index contributed by atoms with van der Waals surface area (Å²) in [7, 11) is 0. The lowest BCUT2D eigenvalue weighted by Crippen LogP contribution is -2.45. The third-order valence-electron chi connectivity index (χ3n) is 4.54. The van der Waals surface area contributed by atoms with E-state index in [9.17, 15) is 4.79 Å². The lowest BCUT2D eigenvalue weighted by Gasteiger charge is -2.31. The monoisotopic (exact) mass is 338 g/mol. The topological polar surface area (TPSA) is 32.3 Å². The molecule has 1 amide bonds. The molecule has 1 N–H and O–H groups in total. The smallest absolute Gasteiger partial charge is 0.250 e. The second-order valence-corrected chi connectivity index (χ2v) is 6.75. The quantitative estimate of drug-likeness (QED) is 0.664. The maximum absolute atomic E-state index is 12.2. The molecule has 0 radical (unpaired) electrons. The average Bonchev–Trinajstić information content (AvgIpc) is 2.60. The van der Waals surface area contributed by atoms with Crippen LogP contribution in [0.5, 0.6) is 0 Å². The van der Waals surface area contributed by atoms with Crippen LogP contribution in [-0.4, -0.2) is 29.0 Å². The zero-order valence-electron chi connectivity index (χ0n) is 13.9. The van der Waals surface area contributed by atoms with Gasteiger partial charge in [-0.2, -0.15) is 0 Å². The van der Waals surface area contributed by atoms with E-state index in [-0.39, 0.29) is 5.91 Å². The van der Waals surface area contributed by atoms with Gasteiger partial charge < -0.3 is 4.90 Å². The van der Waals surface area contributed by atoms with Crippen molar-refractivity contribution in [1.82, 2.24) is 10.2 Å². The van der Waals surface area contributed by atoms with E-state index < -0.39 is 0 Å². The molecule has 1 aliphatic heterocycles. The van der Waals surface area contributed by atoms with Crippen LogP contribution in [0.1, 0.15) is 25.3 Å². The lowest BCUT2D eigenvalue weighted by molar-refractivity contribution is -0.115. The summed E-state index contributed by atoms with van der Waals surface area (Å²) in [4.78, 5) is 14.2. The Kier molecular flexibility index (Phi) is 5.26. The molecule has 1 heterocycles. The number of benzene rings is 2. The fourth-order valence-corrected chi connectivity index (χ4v) is 3.28. The maximum atomic E-state index is 12.2. The fourth-order valence-electron chi connectivity index (χ4n) is 3.00. The van der Waals surface area contributed by atoms with E-state index in [2.05, 4.69) is 35.3 Å². The van der Waals surface area contributed by atoms with Crippen molar-refractivity contribution < 1.29 is 4.79 Å². The van der Waals surface area contributed by atoms with E-state index in [4.69, 9.17) is 12.2 Å². The van der Waals surface area contributed by atoms with E-state index >= 15 is 0 Å². The van der Waals surface area contributed by atoms with Gasteiger partial charge in [0.1, 0.15) is 0 Å². The van der Waals surface area contributed by atoms with Crippen molar-refractivity contribution in [3.05, 3.63) is 54.1 Å². The molecular formula is C20H22N2OS. The van der Waals surface area contributed by atoms with Crippen molar-refractivity contribution in [2.24, 2.45) is 5.92 Å². The summed E-state index contributed by atoms with van der Waals surface area (Å²) in [6.07, 6.45) is 5.66. The molecule has 24 heavy (non-hydrogen) atoms. The van der Waals surface area contributed by atoms with Gasteiger partial charge in [0, 0.05) is 19.2 Å². The molecular weight excluding hydrogens is 316 g/mol. The zero-order valence-corrected chi connectivity index (χ0v) is 14.7. The van der Waals surface area contributed by atoms with Gasteiger partial charge in [-0.3, -0.25) is 10.1 Å². The van der Waals surface area contributed by atoms with Gasteiger partial charge in [-0.25, -0.2) is 0 Å². The summed E-state index contributed by atoms with van der Waals surface area (Å²) < 4.78 is 0. The Morgan fingerprint density at radius 2 is 1.88 bits per heavy atom. The van der Waals surface area contributed by atoms with Gasteiger partial charge in [-0.15, -0.1) is 0 Å². The summed E-state index contributed by atoms with van der Waals surface area (Å²) in [5, 5.41) is 5.65. The standard InChI is InChI=1S/C20H22N2OS/c1-15-11-13-22(14-12-15)20(24)21-19(23)10-9-17-7-4-6-16-5-2-3-8-18(16)17/h2-10,15H,11-14H2,1H3,(H,21,23,24)/b10-9+. The number of hydrogen-bond acceptors (Lipinski definition) is 2. The number of carbonyl (C=O) groups is 1. The Labute approximate surface area is 148 Å². The van der Waals surface area contributed by atoms with Crippen molar-refractivity contribution in [2.75, 3.05) is 13.1 Å². The first-order chi connectivity index (χ1) is 11.6. The SMILES string of the molecule is CC1CCN(C(=S)NC(=O)/C=C/c2cccc3ccccc23)CC1. The lowest BCUT2D eigenvalue weighted by atomic mass is 10.00. The van der Waals surface area contributed by atoms with Crippen LogP contribution in [0.2, 0.25) is 0 Å². The van der Waals surface area contributed by atoms with Gasteiger partial charge in [-0.05, 0) is 53.4 Å². The second kappa shape index (κ2) is 7.58. The molecule has 1 aliphatic rings. The number of thiocarbonyl (C=S) groups is 1. The van der Waals surface area contributed by atoms with Gasteiger partial charge in [-0.1, -0.05) is 49.4 Å². The summed E-state index contributed by atoms with van der Waals surface area (Å²) in [6, 6.07) is 14.2. The van der Waals surface area contributed by atoms with Crippen molar-refractivity contribution in [3.63, 3.8) is 0 Å². The average molecular weight is 338 g/mol. The largest absolute Gasteiger partial charge is 0.349 e. The fraction of sp³-hybridized carbons (Fsp3) is 0.300. The van der Waals surface area contributed by atoms with Crippen molar-refractivity contribution in [3.8, 4) is 0 Å². The number of fused-ring (bicyclic) bond motifs is 1. The molecule has 0 aromatic heterocycles. The highest BCUT2D eigenvalue weighted by atomic mass is 32.1. The number of likely N-dealkylation sites (tertiary alicyclic amines) is 1. The van der Waals surface area contributed by atoms with Crippen molar-refractivity contribution >= 4 is 40.1 Å². The minimum atomic E-state index is -0.174. The Hall–Kier alpha value is -2.20. The second-order valence-electron chi connectivity index (χ2n) is 6.37. The highest BCUT2D eigenvalue weighted by Gasteiger charge is 2.18. The molecule has 1 fully saturated rings. The first kappa shape index (κ1) is 16.7. The number of carbonyl (C=O) groups excluding carboxylic acids is 1. The molecule has 0 saturated carbocycles. The van der Waals surface area contributed by atoms with Crippen LogP contribution in [0.3, 0.4) is 0 Å². The molecule has 1 saturated heterocycles. The Morgan fingerprint density at radius 3 is 2.67 bits per heavy atom. The van der Waals surface area contributed by atoms with E-state index in [1.165, 1.54) is 0 Å². The molecule has 4 heteroatoms. The Balaban J connectivity index is 1.63. The van der Waals surface area contributed by atoms with E-state index in [0.717, 1.165) is 48.2 Å². The molecule has 0 unspecified atom stereocenters. The Morgan fingerprint density at radius 1 is 1.17 bits per heavy atom. The van der Waals surface area contributed by atoms with Crippen LogP contribution in [0.4, 0.5) is 0 Å². The normalized spacial score (nSPS) is 15.8. The minimum absolute atomic E-state index is 0.174. The van der Waals surface area contributed by atoms with Crippen LogP contribution in [0.15, 0.2) is 48.5 Å². The highest BCUT2D eigenvalue weighted by Crippen LogP contribution is 2.19. The molecule has 0 atom stereocenters. The molecule has 0 spiro atoms. The van der Waals surface area contributed by atoms with Gasteiger partial charge in [0.2, 0.25) is 5.91 Å². The zero-order chi connectivity index (χ0) is 16.9. The maximum Gasteiger partial charge on any atom is 0.250 e. The molecule has 0 bridgehead atoms. The number of hydrogen-bond donors (Lipinski definition) is 1. The first-order valence-electron chi connectivity index (χ1n) is 8.39. The summed E-state index contributed by atoms with van der Waals surface area (Å²) in [5.41, 5.74) is 1.03. The van der Waals surface area contributed by atoms with E-state index in [1.807, 2.05) is 30.3 Å². The van der Waals surface area contributed by atoms with Crippen LogP contribution in [0.25, 0.3) is 16.8 Å². The van der Waals surface area contributed by atoms with Crippen LogP contribution >= 0.6 is 12.2 Å². The van der Waals surface area contributed by atoms with Crippen LogP contribution < -0.4 is 5.32 Å². The summed E-state index contributed by atoms with van der Waals surface area (Å²) >= 11 is 5.36.